The molecule has 0 amide bonds. The van der Waals surface area contributed by atoms with E-state index < -0.39 is 27.8 Å². The van der Waals surface area contributed by atoms with Crippen molar-refractivity contribution in [2.24, 2.45) is 0 Å². The molecular weight excluding hydrogens is 353 g/mol. The lowest BCUT2D eigenvalue weighted by Gasteiger charge is -2.09. The van der Waals surface area contributed by atoms with Crippen LogP contribution in [-0.4, -0.2) is 24.5 Å². The van der Waals surface area contributed by atoms with Crippen LogP contribution >= 0.6 is 0 Å². The second kappa shape index (κ2) is 6.36. The molecule has 0 spiro atoms. The van der Waals surface area contributed by atoms with Gasteiger partial charge in [0.25, 0.3) is 6.43 Å². The molecule has 0 unspecified atom stereocenters. The van der Waals surface area contributed by atoms with E-state index in [4.69, 9.17) is 0 Å². The van der Waals surface area contributed by atoms with Crippen LogP contribution in [-0.2, 0) is 9.84 Å². The van der Waals surface area contributed by atoms with Gasteiger partial charge in [-0.05, 0) is 42.5 Å². The fraction of sp³-hybridized carbons (Fsp3) is 0.118. The Hall–Kier alpha value is -2.61. The van der Waals surface area contributed by atoms with Crippen molar-refractivity contribution in [1.82, 2.24) is 9.78 Å². The molecule has 0 aliphatic rings. The number of nitrogens with zero attached hydrogens (tertiary/aromatic N) is 2. The summed E-state index contributed by atoms with van der Waals surface area (Å²) in [5.41, 5.74) is 0.123. The number of alkyl halides is 2. The lowest BCUT2D eigenvalue weighted by Crippen LogP contribution is -2.02. The van der Waals surface area contributed by atoms with Crippen molar-refractivity contribution in [2.45, 2.75) is 11.3 Å². The molecule has 8 heteroatoms. The predicted octanol–water partition coefficient (Wildman–Crippen LogP) is 4.02. The molecule has 1 aromatic heterocycles. The first-order valence-corrected chi connectivity index (χ1v) is 9.10. The molecule has 0 atom stereocenters. The number of benzene rings is 2. The van der Waals surface area contributed by atoms with Gasteiger partial charge >= 0.3 is 0 Å². The average molecular weight is 366 g/mol. The highest BCUT2D eigenvalue weighted by atomic mass is 32.2. The van der Waals surface area contributed by atoms with E-state index >= 15 is 0 Å². The molecule has 0 bridgehead atoms. The van der Waals surface area contributed by atoms with Gasteiger partial charge in [0.15, 0.2) is 9.84 Å². The molecule has 2 aromatic carbocycles. The first-order chi connectivity index (χ1) is 11.8. The van der Waals surface area contributed by atoms with E-state index in [9.17, 15) is 21.6 Å². The summed E-state index contributed by atoms with van der Waals surface area (Å²) >= 11 is 0. The van der Waals surface area contributed by atoms with Crippen LogP contribution in [0.25, 0.3) is 16.9 Å². The van der Waals surface area contributed by atoms with Crippen molar-refractivity contribution >= 4 is 9.84 Å². The van der Waals surface area contributed by atoms with Gasteiger partial charge in [0, 0.05) is 11.8 Å². The van der Waals surface area contributed by atoms with Crippen LogP contribution in [0.15, 0.2) is 59.5 Å². The maximum atomic E-state index is 14.1. The Morgan fingerprint density at radius 2 is 1.68 bits per heavy atom. The van der Waals surface area contributed by atoms with Gasteiger partial charge in [-0.1, -0.05) is 12.1 Å². The van der Waals surface area contributed by atoms with Crippen LogP contribution < -0.4 is 0 Å². The van der Waals surface area contributed by atoms with Gasteiger partial charge in [0.2, 0.25) is 0 Å². The highest BCUT2D eigenvalue weighted by Gasteiger charge is 2.19. The lowest BCUT2D eigenvalue weighted by atomic mass is 10.1. The van der Waals surface area contributed by atoms with Crippen LogP contribution in [0.5, 0.6) is 0 Å². The van der Waals surface area contributed by atoms with E-state index in [0.717, 1.165) is 12.3 Å². The average Bonchev–Trinajstić information content (AvgIpc) is 3.00. The minimum atomic E-state index is -3.39. The minimum Gasteiger partial charge on any atom is -0.233 e. The molecular formula is C17H13F3N2O2S. The van der Waals surface area contributed by atoms with Gasteiger partial charge in [0.05, 0.1) is 16.3 Å². The third-order valence-corrected chi connectivity index (χ3v) is 4.74. The quantitative estimate of drug-likeness (QED) is 0.701. The number of halogens is 3. The van der Waals surface area contributed by atoms with Crippen LogP contribution in [0, 0.1) is 5.82 Å². The second-order valence-electron chi connectivity index (χ2n) is 5.41. The van der Waals surface area contributed by atoms with Gasteiger partial charge in [-0.2, -0.15) is 5.10 Å². The van der Waals surface area contributed by atoms with E-state index in [1.807, 2.05) is 0 Å². The topological polar surface area (TPSA) is 52.0 Å². The van der Waals surface area contributed by atoms with Gasteiger partial charge in [-0.3, -0.25) is 0 Å². The van der Waals surface area contributed by atoms with Crippen LogP contribution in [0.2, 0.25) is 0 Å². The lowest BCUT2D eigenvalue weighted by molar-refractivity contribution is 0.145. The van der Waals surface area contributed by atoms with E-state index in [2.05, 4.69) is 5.10 Å². The number of sulfone groups is 1. The normalized spacial score (nSPS) is 11.9. The standard InChI is InChI=1S/C17H13F3N2O2S/c1-25(23,24)12-8-6-11(7-9-12)22-16(10-15(21-22)17(19)20)13-4-2-3-5-14(13)18/h2-10,17H,1H3. The SMILES string of the molecule is CS(=O)(=O)c1ccc(-n2nc(C(F)F)cc2-c2ccccc2F)cc1. The number of aromatic nitrogens is 2. The second-order valence-corrected chi connectivity index (χ2v) is 7.43. The summed E-state index contributed by atoms with van der Waals surface area (Å²) in [7, 11) is -3.39. The fourth-order valence-corrected chi connectivity index (χ4v) is 3.03. The zero-order chi connectivity index (χ0) is 18.2. The Morgan fingerprint density at radius 3 is 2.24 bits per heavy atom. The van der Waals surface area contributed by atoms with Crippen molar-refractivity contribution in [1.29, 1.82) is 0 Å². The molecule has 3 rings (SSSR count). The molecule has 0 N–H and O–H groups in total. The van der Waals surface area contributed by atoms with Crippen molar-refractivity contribution in [3.63, 3.8) is 0 Å². The Balaban J connectivity index is 2.17. The largest absolute Gasteiger partial charge is 0.282 e. The zero-order valence-electron chi connectivity index (χ0n) is 13.0. The summed E-state index contributed by atoms with van der Waals surface area (Å²) in [5.74, 6) is -0.572. The number of hydrogen-bond acceptors (Lipinski definition) is 3. The molecule has 0 saturated heterocycles. The summed E-state index contributed by atoms with van der Waals surface area (Å²) in [6, 6.07) is 12.4. The van der Waals surface area contributed by atoms with Crippen LogP contribution in [0.4, 0.5) is 13.2 Å². The molecule has 130 valence electrons. The Bertz CT molecular complexity index is 1010. The van der Waals surface area contributed by atoms with Gasteiger partial charge in [-0.25, -0.2) is 26.3 Å². The summed E-state index contributed by atoms with van der Waals surface area (Å²) in [4.78, 5) is 0.0879. The molecule has 4 nitrogen and oxygen atoms in total. The number of rotatable bonds is 4. The van der Waals surface area contributed by atoms with Crippen molar-refractivity contribution < 1.29 is 21.6 Å². The highest BCUT2D eigenvalue weighted by Crippen LogP contribution is 2.30. The molecule has 25 heavy (non-hydrogen) atoms. The van der Waals surface area contributed by atoms with Crippen molar-refractivity contribution in [3.8, 4) is 16.9 Å². The summed E-state index contributed by atoms with van der Waals surface area (Å²) in [6.07, 6.45) is -1.75. The van der Waals surface area contributed by atoms with Gasteiger partial charge in [0.1, 0.15) is 11.5 Å². The van der Waals surface area contributed by atoms with E-state index in [1.165, 1.54) is 47.1 Å². The monoisotopic (exact) mass is 366 g/mol. The van der Waals surface area contributed by atoms with Gasteiger partial charge in [-0.15, -0.1) is 0 Å². The van der Waals surface area contributed by atoms with E-state index in [1.54, 1.807) is 6.07 Å². The maximum absolute atomic E-state index is 14.1. The molecule has 1 heterocycles. The van der Waals surface area contributed by atoms with E-state index in [-0.39, 0.29) is 16.2 Å². The Morgan fingerprint density at radius 1 is 1.04 bits per heavy atom. The fourth-order valence-electron chi connectivity index (χ4n) is 2.40. The smallest absolute Gasteiger partial charge is 0.233 e. The predicted molar refractivity (Wildman–Crippen MR) is 87.0 cm³/mol. The third kappa shape index (κ3) is 3.43. The first kappa shape index (κ1) is 17.2. The third-order valence-electron chi connectivity index (χ3n) is 3.61. The molecule has 0 fully saturated rings. The number of hydrogen-bond donors (Lipinski definition) is 0. The van der Waals surface area contributed by atoms with Gasteiger partial charge < -0.3 is 0 Å². The minimum absolute atomic E-state index is 0.0879. The molecule has 3 aromatic rings. The van der Waals surface area contributed by atoms with Crippen LogP contribution in [0.1, 0.15) is 12.1 Å². The Labute approximate surface area is 142 Å². The van der Waals surface area contributed by atoms with Crippen molar-refractivity contribution in [3.05, 3.63) is 66.1 Å². The first-order valence-electron chi connectivity index (χ1n) is 7.21. The summed E-state index contributed by atoms with van der Waals surface area (Å²) in [6.45, 7) is 0. The summed E-state index contributed by atoms with van der Waals surface area (Å²) < 4.78 is 64.5. The van der Waals surface area contributed by atoms with Crippen LogP contribution in [0.3, 0.4) is 0 Å². The molecule has 0 aliphatic heterocycles. The highest BCUT2D eigenvalue weighted by molar-refractivity contribution is 7.90. The summed E-state index contributed by atoms with van der Waals surface area (Å²) in [5, 5.41) is 3.84. The molecule has 0 radical (unpaired) electrons. The Kier molecular flexibility index (Phi) is 4.38. The molecule has 0 aliphatic carbocycles. The zero-order valence-corrected chi connectivity index (χ0v) is 13.8. The molecule has 0 saturated carbocycles. The maximum Gasteiger partial charge on any atom is 0.282 e. The van der Waals surface area contributed by atoms with Crippen molar-refractivity contribution in [2.75, 3.05) is 6.26 Å². The van der Waals surface area contributed by atoms with E-state index in [0.29, 0.717) is 5.69 Å².